The number of hydrogen-bond acceptors (Lipinski definition) is 5. The first kappa shape index (κ1) is 19.3. The van der Waals surface area contributed by atoms with Crippen molar-refractivity contribution in [3.63, 3.8) is 0 Å². The lowest BCUT2D eigenvalue weighted by Crippen LogP contribution is -2.34. The van der Waals surface area contributed by atoms with Crippen LogP contribution >= 0.6 is 0 Å². The molecule has 1 aromatic carbocycles. The van der Waals surface area contributed by atoms with Gasteiger partial charge in [0.05, 0.1) is 6.10 Å². The van der Waals surface area contributed by atoms with Crippen LogP contribution in [-0.2, 0) is 11.3 Å². The topological polar surface area (TPSA) is 105 Å². The van der Waals surface area contributed by atoms with Gasteiger partial charge in [-0.1, -0.05) is 6.07 Å². The molecule has 0 spiro atoms. The number of nitrogens with one attached hydrogen (secondary N) is 1. The van der Waals surface area contributed by atoms with Crippen molar-refractivity contribution in [3.05, 3.63) is 35.1 Å². The molecule has 0 bridgehead atoms. The number of benzene rings is 1. The van der Waals surface area contributed by atoms with Crippen molar-refractivity contribution in [1.29, 1.82) is 0 Å². The molecule has 1 amide bonds. The van der Waals surface area contributed by atoms with Crippen LogP contribution in [0.5, 0.6) is 0 Å². The summed E-state index contributed by atoms with van der Waals surface area (Å²) in [6.07, 6.45) is -2.82. The Kier molecular flexibility index (Phi) is 6.93. The Morgan fingerprint density at radius 1 is 1.39 bits per heavy atom. The summed E-state index contributed by atoms with van der Waals surface area (Å²) >= 11 is 0. The summed E-state index contributed by atoms with van der Waals surface area (Å²) in [5.41, 5.74) is 5.72. The molecule has 23 heavy (non-hydrogen) atoms. The summed E-state index contributed by atoms with van der Waals surface area (Å²) in [7, 11) is 0. The van der Waals surface area contributed by atoms with E-state index in [4.69, 9.17) is 10.5 Å². The van der Waals surface area contributed by atoms with Crippen molar-refractivity contribution in [3.8, 4) is 0 Å². The second-order valence-corrected chi connectivity index (χ2v) is 6.28. The van der Waals surface area contributed by atoms with E-state index in [2.05, 4.69) is 5.32 Å². The molecule has 0 radical (unpaired) electrons. The summed E-state index contributed by atoms with van der Waals surface area (Å²) in [6, 6.07) is 3.82. The van der Waals surface area contributed by atoms with Crippen LogP contribution in [0, 0.1) is 5.82 Å². The fourth-order valence-electron chi connectivity index (χ4n) is 2.04. The number of ether oxygens (including phenoxy) is 1. The number of nitrogens with two attached hydrogens (primary N) is 1. The highest BCUT2D eigenvalue weighted by Crippen LogP contribution is 2.23. The molecule has 7 heteroatoms. The number of alkyl carbamates (subject to hydrolysis) is 1. The number of carbonyl (C=O) groups excluding carboxylic acids is 1. The average molecular weight is 328 g/mol. The Balaban J connectivity index is 2.55. The first-order valence-electron chi connectivity index (χ1n) is 7.45. The van der Waals surface area contributed by atoms with E-state index in [1.54, 1.807) is 20.8 Å². The normalized spacial score (nSPS) is 14.2. The third kappa shape index (κ3) is 6.52. The van der Waals surface area contributed by atoms with Crippen LogP contribution in [0.15, 0.2) is 18.2 Å². The maximum atomic E-state index is 13.2. The minimum Gasteiger partial charge on any atom is -0.444 e. The van der Waals surface area contributed by atoms with E-state index in [9.17, 15) is 19.4 Å². The second-order valence-electron chi connectivity index (χ2n) is 6.28. The largest absolute Gasteiger partial charge is 0.444 e. The molecule has 5 N–H and O–H groups in total. The zero-order chi connectivity index (χ0) is 17.6. The third-order valence-electron chi connectivity index (χ3n) is 3.12. The molecule has 0 saturated heterocycles. The molecule has 1 rings (SSSR count). The van der Waals surface area contributed by atoms with Crippen LogP contribution < -0.4 is 11.1 Å². The van der Waals surface area contributed by atoms with Gasteiger partial charge in [-0.25, -0.2) is 9.18 Å². The van der Waals surface area contributed by atoms with Gasteiger partial charge in [-0.05, 0) is 50.5 Å². The summed E-state index contributed by atoms with van der Waals surface area (Å²) in [4.78, 5) is 11.5. The highest BCUT2D eigenvalue weighted by molar-refractivity contribution is 5.67. The van der Waals surface area contributed by atoms with Gasteiger partial charge < -0.3 is 26.0 Å². The Bertz CT molecular complexity index is 531. The van der Waals surface area contributed by atoms with Gasteiger partial charge in [0.1, 0.15) is 17.5 Å². The number of rotatable bonds is 6. The monoisotopic (exact) mass is 328 g/mol. The summed E-state index contributed by atoms with van der Waals surface area (Å²) in [5, 5.41) is 22.7. The van der Waals surface area contributed by atoms with E-state index in [1.807, 2.05) is 0 Å². The molecule has 6 nitrogen and oxygen atoms in total. The van der Waals surface area contributed by atoms with E-state index in [0.717, 1.165) is 0 Å². The van der Waals surface area contributed by atoms with Crippen molar-refractivity contribution >= 4 is 6.09 Å². The second kappa shape index (κ2) is 8.24. The van der Waals surface area contributed by atoms with Crippen LogP contribution in [0.3, 0.4) is 0 Å². The van der Waals surface area contributed by atoms with Crippen molar-refractivity contribution < 1.29 is 24.1 Å². The molecule has 0 aliphatic heterocycles. The third-order valence-corrected chi connectivity index (χ3v) is 3.12. The van der Waals surface area contributed by atoms with E-state index in [0.29, 0.717) is 11.1 Å². The Labute approximate surface area is 135 Å². The first-order valence-corrected chi connectivity index (χ1v) is 7.45. The average Bonchev–Trinajstić information content (AvgIpc) is 2.44. The van der Waals surface area contributed by atoms with Crippen molar-refractivity contribution in [2.45, 2.75) is 51.5 Å². The maximum Gasteiger partial charge on any atom is 0.407 e. The highest BCUT2D eigenvalue weighted by Gasteiger charge is 2.22. The Hall–Kier alpha value is -1.70. The standard InChI is InChI=1S/C16H25FN2O4/c1-16(2,3)23-15(22)19-7-6-13(20)14(21)12-5-4-11(17)8-10(12)9-18/h4-5,8,13-14,20-21H,6-7,9,18H2,1-3H3,(H,19,22). The number of carbonyl (C=O) groups is 1. The number of amides is 1. The van der Waals surface area contributed by atoms with Crippen LogP contribution in [-0.4, -0.2) is 34.6 Å². The zero-order valence-electron chi connectivity index (χ0n) is 13.7. The molecule has 130 valence electrons. The molecule has 1 aromatic rings. The van der Waals surface area contributed by atoms with Gasteiger partial charge in [0, 0.05) is 13.1 Å². The van der Waals surface area contributed by atoms with E-state index < -0.39 is 29.7 Å². The summed E-state index contributed by atoms with van der Waals surface area (Å²) in [5.74, 6) is -0.456. The minimum atomic E-state index is -1.21. The lowest BCUT2D eigenvalue weighted by Gasteiger charge is -2.22. The van der Waals surface area contributed by atoms with Crippen molar-refractivity contribution in [2.24, 2.45) is 5.73 Å². The lowest BCUT2D eigenvalue weighted by molar-refractivity contribution is 0.0118. The smallest absolute Gasteiger partial charge is 0.407 e. The van der Waals surface area contributed by atoms with Gasteiger partial charge in [-0.2, -0.15) is 0 Å². The summed E-state index contributed by atoms with van der Waals surface area (Å²) in [6.45, 7) is 5.41. The molecule has 0 aliphatic carbocycles. The first-order chi connectivity index (χ1) is 10.6. The molecule has 2 unspecified atom stereocenters. The van der Waals surface area contributed by atoms with Crippen molar-refractivity contribution in [2.75, 3.05) is 6.54 Å². The maximum absolute atomic E-state index is 13.2. The van der Waals surface area contributed by atoms with Crippen LogP contribution in [0.4, 0.5) is 9.18 Å². The van der Waals surface area contributed by atoms with E-state index >= 15 is 0 Å². The predicted octanol–water partition coefficient (Wildman–Crippen LogP) is 1.59. The fourth-order valence-corrected chi connectivity index (χ4v) is 2.04. The van der Waals surface area contributed by atoms with Gasteiger partial charge in [-0.3, -0.25) is 0 Å². The quantitative estimate of drug-likeness (QED) is 0.635. The molecule has 0 heterocycles. The van der Waals surface area contributed by atoms with Crippen molar-refractivity contribution in [1.82, 2.24) is 5.32 Å². The van der Waals surface area contributed by atoms with Gasteiger partial charge >= 0.3 is 6.09 Å². The fraction of sp³-hybridized carbons (Fsp3) is 0.562. The summed E-state index contributed by atoms with van der Waals surface area (Å²) < 4.78 is 18.2. The lowest BCUT2D eigenvalue weighted by atomic mass is 9.97. The SMILES string of the molecule is CC(C)(C)OC(=O)NCCC(O)C(O)c1ccc(F)cc1CN. The Morgan fingerprint density at radius 3 is 2.61 bits per heavy atom. The number of halogens is 1. The molecule has 0 aromatic heterocycles. The minimum absolute atomic E-state index is 0.0486. The van der Waals surface area contributed by atoms with Crippen LogP contribution in [0.25, 0.3) is 0 Å². The zero-order valence-corrected chi connectivity index (χ0v) is 13.7. The van der Waals surface area contributed by atoms with Gasteiger partial charge in [-0.15, -0.1) is 0 Å². The highest BCUT2D eigenvalue weighted by atomic mass is 19.1. The van der Waals surface area contributed by atoms with Crippen LogP contribution in [0.1, 0.15) is 44.4 Å². The number of hydrogen-bond donors (Lipinski definition) is 4. The van der Waals surface area contributed by atoms with Gasteiger partial charge in [0.2, 0.25) is 0 Å². The van der Waals surface area contributed by atoms with E-state index in [-0.39, 0.29) is 19.5 Å². The van der Waals surface area contributed by atoms with E-state index in [1.165, 1.54) is 18.2 Å². The Morgan fingerprint density at radius 2 is 2.04 bits per heavy atom. The van der Waals surface area contributed by atoms with Crippen LogP contribution in [0.2, 0.25) is 0 Å². The van der Waals surface area contributed by atoms with Gasteiger partial charge in [0.15, 0.2) is 0 Å². The predicted molar refractivity (Wildman–Crippen MR) is 84.1 cm³/mol. The molecular weight excluding hydrogens is 303 g/mol. The number of aliphatic hydroxyl groups is 2. The molecular formula is C16H25FN2O4. The number of aliphatic hydroxyl groups excluding tert-OH is 2. The molecule has 0 saturated carbocycles. The van der Waals surface area contributed by atoms with Gasteiger partial charge in [0.25, 0.3) is 0 Å². The molecule has 2 atom stereocenters. The molecule has 0 aliphatic rings. The molecule has 0 fully saturated rings.